The Labute approximate surface area is 160 Å². The van der Waals surface area contributed by atoms with Crippen molar-refractivity contribution in [1.82, 2.24) is 4.57 Å². The fourth-order valence-electron chi connectivity index (χ4n) is 2.76. The van der Waals surface area contributed by atoms with Crippen molar-refractivity contribution in [3.63, 3.8) is 0 Å². The number of thiazole rings is 1. The molecule has 4 nitrogen and oxygen atoms in total. The lowest BCUT2D eigenvalue weighted by atomic mass is 10.1. The number of aliphatic imine (C=N–C) groups is 1. The lowest BCUT2D eigenvalue weighted by Crippen LogP contribution is -2.14. The molecule has 0 amide bonds. The number of nitrogens with zero attached hydrogens (tertiary/aromatic N) is 2. The van der Waals surface area contributed by atoms with E-state index in [0.717, 1.165) is 32.6 Å². The predicted octanol–water partition coefficient (Wildman–Crippen LogP) is 4.82. The Balaban J connectivity index is 1.73. The van der Waals surface area contributed by atoms with Gasteiger partial charge in [0.05, 0.1) is 17.1 Å². The molecule has 0 bridgehead atoms. The normalized spacial score (nSPS) is 14.2. The Morgan fingerprint density at radius 3 is 2.88 bits per heavy atom. The van der Waals surface area contributed by atoms with Crippen molar-refractivity contribution in [2.24, 2.45) is 4.99 Å². The number of aromatic nitrogens is 1. The van der Waals surface area contributed by atoms with Gasteiger partial charge in [0.2, 0.25) is 5.88 Å². The Bertz CT molecular complexity index is 1130. The molecule has 1 aliphatic rings. The second-order valence-electron chi connectivity index (χ2n) is 5.75. The molecular formula is C19H12BrFN2O2S. The molecule has 2 heterocycles. The number of hydrogen-bond donors (Lipinski definition) is 1. The first-order valence-corrected chi connectivity index (χ1v) is 9.35. The van der Waals surface area contributed by atoms with Crippen molar-refractivity contribution in [2.45, 2.75) is 6.54 Å². The van der Waals surface area contributed by atoms with Gasteiger partial charge >= 0.3 is 4.87 Å². The van der Waals surface area contributed by atoms with Crippen LogP contribution in [0.3, 0.4) is 0 Å². The molecule has 0 fully saturated rings. The molecule has 0 unspecified atom stereocenters. The highest BCUT2D eigenvalue weighted by Gasteiger charge is 2.17. The largest absolute Gasteiger partial charge is 0.493 e. The molecule has 3 aromatic rings. The first-order chi connectivity index (χ1) is 12.5. The summed E-state index contributed by atoms with van der Waals surface area (Å²) in [5.74, 6) is -0.584. The Hall–Kier alpha value is -2.51. The number of hydrogen-bond acceptors (Lipinski definition) is 4. The average molecular weight is 431 g/mol. The fourth-order valence-corrected chi connectivity index (χ4v) is 3.96. The van der Waals surface area contributed by atoms with Gasteiger partial charge in [0.15, 0.2) is 0 Å². The minimum Gasteiger partial charge on any atom is -0.493 e. The standard InChI is InChI=1S/C19H12BrFN2O2S/c20-13-5-6-16-14(8-13)12(9-22-16)7-17-18(24)23(19(25)26-17)10-11-3-1-2-4-15(11)21/h1-9,24H,10H2. The van der Waals surface area contributed by atoms with E-state index in [-0.39, 0.29) is 17.3 Å². The van der Waals surface area contributed by atoms with E-state index in [9.17, 15) is 14.3 Å². The number of allylic oxidation sites excluding steroid dienone is 1. The number of fused-ring (bicyclic) bond motifs is 1. The summed E-state index contributed by atoms with van der Waals surface area (Å²) in [6, 6.07) is 11.9. The van der Waals surface area contributed by atoms with Gasteiger partial charge in [-0.2, -0.15) is 0 Å². The summed E-state index contributed by atoms with van der Waals surface area (Å²) in [7, 11) is 0. The third-order valence-electron chi connectivity index (χ3n) is 4.08. The van der Waals surface area contributed by atoms with Crippen molar-refractivity contribution in [1.29, 1.82) is 0 Å². The Kier molecular flexibility index (Phi) is 4.34. The molecular weight excluding hydrogens is 419 g/mol. The number of rotatable bonds is 3. The van der Waals surface area contributed by atoms with Gasteiger partial charge in [-0.3, -0.25) is 14.4 Å². The molecule has 1 aliphatic heterocycles. The third-order valence-corrected chi connectivity index (χ3v) is 5.49. The van der Waals surface area contributed by atoms with Crippen molar-refractivity contribution < 1.29 is 9.50 Å². The maximum Gasteiger partial charge on any atom is 0.310 e. The van der Waals surface area contributed by atoms with Crippen LogP contribution in [-0.4, -0.2) is 15.9 Å². The van der Waals surface area contributed by atoms with E-state index in [1.807, 2.05) is 18.2 Å². The Morgan fingerprint density at radius 1 is 1.27 bits per heavy atom. The molecule has 1 aromatic heterocycles. The van der Waals surface area contributed by atoms with Gasteiger partial charge in [-0.25, -0.2) is 4.39 Å². The van der Waals surface area contributed by atoms with Crippen molar-refractivity contribution in [3.05, 3.63) is 78.4 Å². The minimum absolute atomic E-state index is 0.0206. The highest BCUT2D eigenvalue weighted by Crippen LogP contribution is 2.36. The Morgan fingerprint density at radius 2 is 2.08 bits per heavy atom. The summed E-state index contributed by atoms with van der Waals surface area (Å²) in [6.07, 6.45) is 3.42. The molecule has 0 atom stereocenters. The zero-order valence-electron chi connectivity index (χ0n) is 13.3. The maximum atomic E-state index is 13.8. The quantitative estimate of drug-likeness (QED) is 0.647. The zero-order chi connectivity index (χ0) is 18.3. The number of halogens is 2. The van der Waals surface area contributed by atoms with Gasteiger partial charge in [-0.05, 0) is 30.3 Å². The molecule has 0 aliphatic carbocycles. The third kappa shape index (κ3) is 3.04. The van der Waals surface area contributed by atoms with Crippen LogP contribution >= 0.6 is 27.3 Å². The second-order valence-corrected chi connectivity index (χ2v) is 7.66. The van der Waals surface area contributed by atoms with Crippen molar-refractivity contribution in [2.75, 3.05) is 0 Å². The van der Waals surface area contributed by atoms with E-state index in [1.165, 1.54) is 10.6 Å². The van der Waals surface area contributed by atoms with Gasteiger partial charge in [0, 0.05) is 27.4 Å². The van der Waals surface area contributed by atoms with Crippen LogP contribution in [0.15, 0.2) is 56.7 Å². The van der Waals surface area contributed by atoms with Gasteiger partial charge in [-0.15, -0.1) is 0 Å². The van der Waals surface area contributed by atoms with Crippen LogP contribution in [0.1, 0.15) is 16.0 Å². The molecule has 2 aromatic carbocycles. The van der Waals surface area contributed by atoms with E-state index in [1.54, 1.807) is 30.5 Å². The molecule has 7 heteroatoms. The lowest BCUT2D eigenvalue weighted by molar-refractivity contribution is 0.418. The van der Waals surface area contributed by atoms with Gasteiger partial charge in [0.1, 0.15) is 5.82 Å². The first kappa shape index (κ1) is 16.9. The van der Waals surface area contributed by atoms with Crippen LogP contribution < -0.4 is 4.87 Å². The number of aromatic hydroxyl groups is 1. The molecule has 26 heavy (non-hydrogen) atoms. The minimum atomic E-state index is -0.411. The zero-order valence-corrected chi connectivity index (χ0v) is 15.7. The van der Waals surface area contributed by atoms with Crippen LogP contribution in [0.4, 0.5) is 10.1 Å². The van der Waals surface area contributed by atoms with Crippen LogP contribution in [0.5, 0.6) is 5.88 Å². The van der Waals surface area contributed by atoms with E-state index in [2.05, 4.69) is 20.9 Å². The average Bonchev–Trinajstić information content (AvgIpc) is 3.13. The predicted molar refractivity (Wildman–Crippen MR) is 106 cm³/mol. The summed E-state index contributed by atoms with van der Waals surface area (Å²) in [6.45, 7) is -0.0206. The highest BCUT2D eigenvalue weighted by molar-refractivity contribution is 9.10. The summed E-state index contributed by atoms with van der Waals surface area (Å²) >= 11 is 4.35. The molecule has 4 rings (SSSR count). The van der Waals surface area contributed by atoms with E-state index in [0.29, 0.717) is 10.4 Å². The van der Waals surface area contributed by atoms with Crippen LogP contribution in [0, 0.1) is 5.82 Å². The van der Waals surface area contributed by atoms with E-state index < -0.39 is 5.82 Å². The lowest BCUT2D eigenvalue weighted by Gasteiger charge is -2.05. The molecule has 130 valence electrons. The summed E-state index contributed by atoms with van der Waals surface area (Å²) in [4.78, 5) is 16.7. The van der Waals surface area contributed by atoms with Gasteiger partial charge < -0.3 is 5.11 Å². The number of benzene rings is 2. The molecule has 0 spiro atoms. The molecule has 0 radical (unpaired) electrons. The molecule has 0 saturated carbocycles. The van der Waals surface area contributed by atoms with E-state index in [4.69, 9.17) is 0 Å². The monoisotopic (exact) mass is 430 g/mol. The van der Waals surface area contributed by atoms with Gasteiger partial charge in [-0.1, -0.05) is 45.5 Å². The fraction of sp³-hybridized carbons (Fsp3) is 0.0526. The molecule has 1 N–H and O–H groups in total. The maximum absolute atomic E-state index is 13.8. The van der Waals surface area contributed by atoms with E-state index >= 15 is 0 Å². The molecule has 0 saturated heterocycles. The SMILES string of the molecule is O=c1sc(C=C2C=Nc3ccc(Br)cc32)c(O)n1Cc1ccccc1F. The second kappa shape index (κ2) is 6.66. The smallest absolute Gasteiger partial charge is 0.310 e. The summed E-state index contributed by atoms with van der Waals surface area (Å²) in [5.41, 5.74) is 2.90. The topological polar surface area (TPSA) is 54.6 Å². The van der Waals surface area contributed by atoms with Crippen LogP contribution in [0.25, 0.3) is 11.6 Å². The summed E-state index contributed by atoms with van der Waals surface area (Å²) in [5, 5.41) is 10.5. The summed E-state index contributed by atoms with van der Waals surface area (Å²) < 4.78 is 15.9. The van der Waals surface area contributed by atoms with Crippen molar-refractivity contribution >= 4 is 50.8 Å². The van der Waals surface area contributed by atoms with Crippen molar-refractivity contribution in [3.8, 4) is 5.88 Å². The van der Waals surface area contributed by atoms with Crippen LogP contribution in [0.2, 0.25) is 0 Å². The highest BCUT2D eigenvalue weighted by atomic mass is 79.9. The van der Waals surface area contributed by atoms with Gasteiger partial charge in [0.25, 0.3) is 0 Å². The van der Waals surface area contributed by atoms with Crippen LogP contribution in [-0.2, 0) is 6.54 Å². The first-order valence-electron chi connectivity index (χ1n) is 7.74.